The molecule has 1 amide bonds. The van der Waals surface area contributed by atoms with Crippen molar-refractivity contribution in [3.8, 4) is 0 Å². The van der Waals surface area contributed by atoms with Gasteiger partial charge in [-0.1, -0.05) is 0 Å². The first kappa shape index (κ1) is 17.9. The maximum Gasteiger partial charge on any atom is 0.242 e. The molecule has 0 heterocycles. The molecule has 8 heteroatoms. The zero-order valence-corrected chi connectivity index (χ0v) is 14.7. The van der Waals surface area contributed by atoms with Crippen LogP contribution in [0.15, 0.2) is 27.6 Å². The number of benzene rings is 1. The molecule has 0 fully saturated rings. The number of carbonyl (C=O) groups excluding carboxylic acids is 1. The van der Waals surface area contributed by atoms with Gasteiger partial charge in [0.15, 0.2) is 0 Å². The van der Waals surface area contributed by atoms with E-state index in [0.717, 1.165) is 0 Å². The summed E-state index contributed by atoms with van der Waals surface area (Å²) >= 11 is 3.18. The lowest BCUT2D eigenvalue weighted by Crippen LogP contribution is -2.46. The predicted molar refractivity (Wildman–Crippen MR) is 86.3 cm³/mol. The van der Waals surface area contributed by atoms with E-state index in [1.54, 1.807) is 17.0 Å². The standard InChI is InChI=1S/C13H20BrN3O3S/c1-4-17(5-2)13(18)9(3)16-21(19,20)12-8-10(15)6-7-11(12)14/h6-9,16H,4-5,15H2,1-3H3. The fourth-order valence-electron chi connectivity index (χ4n) is 1.88. The van der Waals surface area contributed by atoms with E-state index in [2.05, 4.69) is 20.7 Å². The highest BCUT2D eigenvalue weighted by atomic mass is 79.9. The van der Waals surface area contributed by atoms with Gasteiger partial charge in [-0.2, -0.15) is 4.72 Å². The summed E-state index contributed by atoms with van der Waals surface area (Å²) in [5.41, 5.74) is 5.95. The van der Waals surface area contributed by atoms with Crippen molar-refractivity contribution in [3.63, 3.8) is 0 Å². The minimum absolute atomic E-state index is 0.0155. The zero-order valence-electron chi connectivity index (χ0n) is 12.3. The van der Waals surface area contributed by atoms with Crippen molar-refractivity contribution in [2.45, 2.75) is 31.7 Å². The van der Waals surface area contributed by atoms with Crippen LogP contribution in [0, 0.1) is 0 Å². The molecule has 1 rings (SSSR count). The number of likely N-dealkylation sites (N-methyl/N-ethyl adjacent to an activating group) is 1. The van der Waals surface area contributed by atoms with E-state index < -0.39 is 16.1 Å². The molecule has 0 aliphatic rings. The highest BCUT2D eigenvalue weighted by molar-refractivity contribution is 9.10. The second-order valence-corrected chi connectivity index (χ2v) is 7.08. The van der Waals surface area contributed by atoms with Gasteiger partial charge >= 0.3 is 0 Å². The lowest BCUT2D eigenvalue weighted by molar-refractivity contribution is -0.132. The molecule has 0 spiro atoms. The maximum atomic E-state index is 12.4. The van der Waals surface area contributed by atoms with Gasteiger partial charge < -0.3 is 10.6 Å². The highest BCUT2D eigenvalue weighted by Crippen LogP contribution is 2.24. The van der Waals surface area contributed by atoms with Gasteiger partial charge in [0, 0.05) is 23.2 Å². The summed E-state index contributed by atoms with van der Waals surface area (Å²) in [5, 5.41) is 0. The quantitative estimate of drug-likeness (QED) is 0.735. The Morgan fingerprint density at radius 3 is 2.48 bits per heavy atom. The molecular weight excluding hydrogens is 358 g/mol. The van der Waals surface area contributed by atoms with Crippen LogP contribution in [0.3, 0.4) is 0 Å². The van der Waals surface area contributed by atoms with Crippen LogP contribution in [0.4, 0.5) is 5.69 Å². The number of nitrogens with zero attached hydrogens (tertiary/aromatic N) is 1. The van der Waals surface area contributed by atoms with Crippen LogP contribution in [-0.4, -0.2) is 38.4 Å². The Balaban J connectivity index is 3.00. The Hall–Kier alpha value is -1.12. The van der Waals surface area contributed by atoms with E-state index in [1.165, 1.54) is 13.0 Å². The summed E-state index contributed by atoms with van der Waals surface area (Å²) < 4.78 is 27.5. The van der Waals surface area contributed by atoms with Crippen LogP contribution in [-0.2, 0) is 14.8 Å². The minimum Gasteiger partial charge on any atom is -0.399 e. The number of sulfonamides is 1. The maximum absolute atomic E-state index is 12.4. The zero-order chi connectivity index (χ0) is 16.2. The molecule has 0 saturated heterocycles. The average molecular weight is 378 g/mol. The smallest absolute Gasteiger partial charge is 0.242 e. The highest BCUT2D eigenvalue weighted by Gasteiger charge is 2.26. The Morgan fingerprint density at radius 2 is 1.95 bits per heavy atom. The third-order valence-corrected chi connectivity index (χ3v) is 5.56. The molecule has 0 aliphatic heterocycles. The Morgan fingerprint density at radius 1 is 1.38 bits per heavy atom. The van der Waals surface area contributed by atoms with E-state index in [0.29, 0.717) is 23.2 Å². The number of rotatable bonds is 6. The van der Waals surface area contributed by atoms with E-state index in [4.69, 9.17) is 5.73 Å². The number of halogens is 1. The van der Waals surface area contributed by atoms with E-state index >= 15 is 0 Å². The number of nitrogens with two attached hydrogens (primary N) is 1. The molecule has 6 nitrogen and oxygen atoms in total. The second kappa shape index (κ2) is 7.24. The lowest BCUT2D eigenvalue weighted by Gasteiger charge is -2.23. The van der Waals surface area contributed by atoms with Crippen molar-refractivity contribution < 1.29 is 13.2 Å². The summed E-state index contributed by atoms with van der Waals surface area (Å²) in [4.78, 5) is 13.7. The third-order valence-electron chi connectivity index (χ3n) is 3.02. The predicted octanol–water partition coefficient (Wildman–Crippen LogP) is 1.57. The fourth-order valence-corrected chi connectivity index (χ4v) is 4.08. The molecule has 3 N–H and O–H groups in total. The van der Waals surface area contributed by atoms with Crippen molar-refractivity contribution in [2.75, 3.05) is 18.8 Å². The van der Waals surface area contributed by atoms with Gasteiger partial charge in [0.2, 0.25) is 15.9 Å². The lowest BCUT2D eigenvalue weighted by atomic mass is 10.3. The van der Waals surface area contributed by atoms with Crippen molar-refractivity contribution in [3.05, 3.63) is 22.7 Å². The summed E-state index contributed by atoms with van der Waals surface area (Å²) in [6.07, 6.45) is 0. The molecule has 118 valence electrons. The average Bonchev–Trinajstić information content (AvgIpc) is 2.42. The molecule has 1 aromatic carbocycles. The van der Waals surface area contributed by atoms with Gasteiger partial charge in [-0.05, 0) is 54.9 Å². The Kier molecular flexibility index (Phi) is 6.18. The molecule has 0 aliphatic carbocycles. The van der Waals surface area contributed by atoms with Crippen molar-refractivity contribution in [1.29, 1.82) is 0 Å². The number of amides is 1. The van der Waals surface area contributed by atoms with Gasteiger partial charge in [0.1, 0.15) is 0 Å². The van der Waals surface area contributed by atoms with Crippen LogP contribution in [0.2, 0.25) is 0 Å². The van der Waals surface area contributed by atoms with Gasteiger partial charge in [0.05, 0.1) is 10.9 Å². The second-order valence-electron chi connectivity index (χ2n) is 4.54. The van der Waals surface area contributed by atoms with Crippen molar-refractivity contribution >= 4 is 37.5 Å². The SMILES string of the molecule is CCN(CC)C(=O)C(C)NS(=O)(=O)c1cc(N)ccc1Br. The third kappa shape index (κ3) is 4.42. The molecule has 0 bridgehead atoms. The Labute approximate surface area is 133 Å². The van der Waals surface area contributed by atoms with Crippen LogP contribution in [0.5, 0.6) is 0 Å². The Bertz CT molecular complexity index is 615. The van der Waals surface area contributed by atoms with Gasteiger partial charge in [-0.3, -0.25) is 4.79 Å². The number of nitrogen functional groups attached to an aromatic ring is 1. The number of carbonyl (C=O) groups is 1. The number of nitrogens with one attached hydrogen (secondary N) is 1. The molecular formula is C13H20BrN3O3S. The van der Waals surface area contributed by atoms with Crippen LogP contribution in [0.1, 0.15) is 20.8 Å². The minimum atomic E-state index is -3.83. The fraction of sp³-hybridized carbons (Fsp3) is 0.462. The number of anilines is 1. The first-order chi connectivity index (χ1) is 9.72. The normalized spacial score (nSPS) is 13.0. The first-order valence-corrected chi connectivity index (χ1v) is 8.86. The van der Waals surface area contributed by atoms with Gasteiger partial charge in [-0.25, -0.2) is 8.42 Å². The van der Waals surface area contributed by atoms with Crippen molar-refractivity contribution in [1.82, 2.24) is 9.62 Å². The molecule has 21 heavy (non-hydrogen) atoms. The summed E-state index contributed by atoms with van der Waals surface area (Å²) in [7, 11) is -3.83. The van der Waals surface area contributed by atoms with Crippen molar-refractivity contribution in [2.24, 2.45) is 0 Å². The molecule has 0 saturated carbocycles. The van der Waals surface area contributed by atoms with Crippen LogP contribution < -0.4 is 10.5 Å². The summed E-state index contributed by atoms with van der Waals surface area (Å²) in [6, 6.07) is 3.65. The summed E-state index contributed by atoms with van der Waals surface area (Å²) in [6.45, 7) is 6.28. The molecule has 0 radical (unpaired) electrons. The molecule has 1 unspecified atom stereocenters. The molecule has 1 aromatic rings. The van der Waals surface area contributed by atoms with Crippen LogP contribution in [0.25, 0.3) is 0 Å². The van der Waals surface area contributed by atoms with Gasteiger partial charge in [-0.15, -0.1) is 0 Å². The first-order valence-electron chi connectivity index (χ1n) is 6.59. The topological polar surface area (TPSA) is 92.5 Å². The summed E-state index contributed by atoms with van der Waals surface area (Å²) in [5.74, 6) is -0.261. The number of hydrogen-bond acceptors (Lipinski definition) is 4. The molecule has 0 aromatic heterocycles. The van der Waals surface area contributed by atoms with Crippen LogP contribution >= 0.6 is 15.9 Å². The monoisotopic (exact) mass is 377 g/mol. The van der Waals surface area contributed by atoms with Gasteiger partial charge in [0.25, 0.3) is 0 Å². The van der Waals surface area contributed by atoms with E-state index in [-0.39, 0.29) is 10.8 Å². The largest absolute Gasteiger partial charge is 0.399 e. The van der Waals surface area contributed by atoms with E-state index in [1.807, 2.05) is 13.8 Å². The number of hydrogen-bond donors (Lipinski definition) is 2. The molecule has 1 atom stereocenters. The van der Waals surface area contributed by atoms with E-state index in [9.17, 15) is 13.2 Å².